The van der Waals surface area contributed by atoms with Crippen LogP contribution in [0.5, 0.6) is 5.75 Å². The normalized spacial score (nSPS) is 18.6. The number of hydrogen-bond donors (Lipinski definition) is 0. The molecule has 98 valence electrons. The summed E-state index contributed by atoms with van der Waals surface area (Å²) in [4.78, 5) is 24.9. The summed E-state index contributed by atoms with van der Waals surface area (Å²) < 4.78 is 5.19. The zero-order valence-corrected chi connectivity index (χ0v) is 10.8. The number of amides is 2. The van der Waals surface area contributed by atoms with E-state index in [9.17, 15) is 9.59 Å². The molecule has 1 aliphatic heterocycles. The average molecular weight is 258 g/mol. The molecule has 1 saturated heterocycles. The average Bonchev–Trinajstić information content (AvgIpc) is 2.65. The van der Waals surface area contributed by atoms with Gasteiger partial charge in [0, 0.05) is 17.9 Å². The standard InChI is InChI=1S/C14H14N2O3/c1-9-5-13(17)16(14(9)18)8-11-6-10(7-15)3-4-12(11)19-2/h3-4,6,9H,5,8H2,1-2H3. The SMILES string of the molecule is COc1ccc(C#N)cc1CN1C(=O)CC(C)C1=O. The summed E-state index contributed by atoms with van der Waals surface area (Å²) in [5.74, 6) is -0.0480. The van der Waals surface area contributed by atoms with Gasteiger partial charge < -0.3 is 4.74 Å². The fraction of sp³-hybridized carbons (Fsp3) is 0.357. The van der Waals surface area contributed by atoms with E-state index < -0.39 is 0 Å². The number of carbonyl (C=O) groups excluding carboxylic acids is 2. The van der Waals surface area contributed by atoms with Gasteiger partial charge in [0.25, 0.3) is 0 Å². The number of imide groups is 1. The minimum atomic E-state index is -0.266. The van der Waals surface area contributed by atoms with Crippen molar-refractivity contribution in [1.29, 1.82) is 5.26 Å². The molecular weight excluding hydrogens is 244 g/mol. The van der Waals surface area contributed by atoms with Crippen LogP contribution in [0.3, 0.4) is 0 Å². The summed E-state index contributed by atoms with van der Waals surface area (Å²) in [5.41, 5.74) is 1.14. The number of nitriles is 1. The van der Waals surface area contributed by atoms with Gasteiger partial charge in [-0.25, -0.2) is 0 Å². The third-order valence-corrected chi connectivity index (χ3v) is 3.21. The fourth-order valence-electron chi connectivity index (χ4n) is 2.16. The number of benzene rings is 1. The van der Waals surface area contributed by atoms with E-state index in [1.54, 1.807) is 25.1 Å². The highest BCUT2D eigenvalue weighted by atomic mass is 16.5. The number of nitrogens with zero attached hydrogens (tertiary/aromatic N) is 2. The Morgan fingerprint density at radius 3 is 2.74 bits per heavy atom. The maximum absolute atomic E-state index is 11.9. The molecule has 2 amide bonds. The monoisotopic (exact) mass is 258 g/mol. The Bertz CT molecular complexity index is 575. The second-order valence-electron chi connectivity index (χ2n) is 4.56. The Balaban J connectivity index is 2.30. The third kappa shape index (κ3) is 2.43. The van der Waals surface area contributed by atoms with E-state index in [0.717, 1.165) is 0 Å². The highest BCUT2D eigenvalue weighted by molar-refractivity contribution is 6.03. The van der Waals surface area contributed by atoms with Crippen molar-refractivity contribution in [2.24, 2.45) is 5.92 Å². The molecule has 0 spiro atoms. The zero-order chi connectivity index (χ0) is 14.0. The summed E-state index contributed by atoms with van der Waals surface area (Å²) in [5, 5.41) is 8.89. The largest absolute Gasteiger partial charge is 0.496 e. The highest BCUT2D eigenvalue weighted by Gasteiger charge is 2.35. The predicted octanol–water partition coefficient (Wildman–Crippen LogP) is 1.46. The van der Waals surface area contributed by atoms with Crippen LogP contribution >= 0.6 is 0 Å². The molecule has 0 aromatic heterocycles. The summed E-state index contributed by atoms with van der Waals surface area (Å²) in [6.07, 6.45) is 0.249. The molecule has 2 rings (SSSR count). The molecule has 0 aliphatic carbocycles. The molecule has 1 unspecified atom stereocenters. The molecule has 0 radical (unpaired) electrons. The molecule has 5 heteroatoms. The molecule has 1 heterocycles. The highest BCUT2D eigenvalue weighted by Crippen LogP contribution is 2.26. The summed E-state index contributed by atoms with van der Waals surface area (Å²) >= 11 is 0. The molecule has 19 heavy (non-hydrogen) atoms. The lowest BCUT2D eigenvalue weighted by molar-refractivity contribution is -0.139. The van der Waals surface area contributed by atoms with E-state index in [1.807, 2.05) is 6.07 Å². The Morgan fingerprint density at radius 1 is 1.47 bits per heavy atom. The summed E-state index contributed by atoms with van der Waals surface area (Å²) in [6, 6.07) is 6.98. The van der Waals surface area contributed by atoms with Gasteiger partial charge in [0.15, 0.2) is 0 Å². The summed E-state index contributed by atoms with van der Waals surface area (Å²) in [6.45, 7) is 1.89. The molecule has 5 nitrogen and oxygen atoms in total. The van der Waals surface area contributed by atoms with E-state index >= 15 is 0 Å². The van der Waals surface area contributed by atoms with Gasteiger partial charge in [0.1, 0.15) is 5.75 Å². The lowest BCUT2D eigenvalue weighted by Crippen LogP contribution is -2.29. The Labute approximate surface area is 111 Å². The molecule has 1 aromatic carbocycles. The number of likely N-dealkylation sites (tertiary alicyclic amines) is 1. The van der Waals surface area contributed by atoms with Crippen molar-refractivity contribution in [1.82, 2.24) is 4.90 Å². The molecule has 1 aromatic rings. The van der Waals surface area contributed by atoms with E-state index in [-0.39, 0.29) is 30.7 Å². The number of rotatable bonds is 3. The van der Waals surface area contributed by atoms with Crippen molar-refractivity contribution in [3.8, 4) is 11.8 Å². The van der Waals surface area contributed by atoms with Crippen LogP contribution < -0.4 is 4.74 Å². The second-order valence-corrected chi connectivity index (χ2v) is 4.56. The van der Waals surface area contributed by atoms with Gasteiger partial charge in [-0.15, -0.1) is 0 Å². The first-order valence-electron chi connectivity index (χ1n) is 5.98. The van der Waals surface area contributed by atoms with Crippen LogP contribution in [0.2, 0.25) is 0 Å². The van der Waals surface area contributed by atoms with Gasteiger partial charge in [-0.2, -0.15) is 5.26 Å². The second kappa shape index (κ2) is 5.11. The van der Waals surface area contributed by atoms with Gasteiger partial charge in [-0.05, 0) is 18.2 Å². The minimum Gasteiger partial charge on any atom is -0.496 e. The lowest BCUT2D eigenvalue weighted by atomic mass is 10.1. The number of hydrogen-bond acceptors (Lipinski definition) is 4. The maximum Gasteiger partial charge on any atom is 0.232 e. The molecular formula is C14H14N2O3. The topological polar surface area (TPSA) is 70.4 Å². The van der Waals surface area contributed by atoms with Gasteiger partial charge in [-0.1, -0.05) is 6.92 Å². The predicted molar refractivity (Wildman–Crippen MR) is 67.0 cm³/mol. The first-order chi connectivity index (χ1) is 9.06. The van der Waals surface area contributed by atoms with Crippen molar-refractivity contribution in [2.75, 3.05) is 7.11 Å². The lowest BCUT2D eigenvalue weighted by Gasteiger charge is -2.16. The Morgan fingerprint density at radius 2 is 2.21 bits per heavy atom. The third-order valence-electron chi connectivity index (χ3n) is 3.21. The van der Waals surface area contributed by atoms with E-state index in [2.05, 4.69) is 0 Å². The molecule has 1 aliphatic rings. The number of ether oxygens (including phenoxy) is 1. The number of carbonyl (C=O) groups is 2. The van der Waals surface area contributed by atoms with Crippen molar-refractivity contribution < 1.29 is 14.3 Å². The van der Waals surface area contributed by atoms with Crippen LogP contribution in [0.4, 0.5) is 0 Å². The van der Waals surface area contributed by atoms with Gasteiger partial charge in [0.2, 0.25) is 11.8 Å². The fourth-order valence-corrected chi connectivity index (χ4v) is 2.16. The first kappa shape index (κ1) is 13.1. The van der Waals surface area contributed by atoms with Crippen molar-refractivity contribution in [3.05, 3.63) is 29.3 Å². The molecule has 1 atom stereocenters. The van der Waals surface area contributed by atoms with Crippen LogP contribution in [0.25, 0.3) is 0 Å². The first-order valence-corrected chi connectivity index (χ1v) is 5.98. The van der Waals surface area contributed by atoms with Crippen molar-refractivity contribution >= 4 is 11.8 Å². The van der Waals surface area contributed by atoms with Gasteiger partial charge >= 0.3 is 0 Å². The Hall–Kier alpha value is -2.35. The number of methoxy groups -OCH3 is 1. The van der Waals surface area contributed by atoms with Crippen molar-refractivity contribution in [3.63, 3.8) is 0 Å². The smallest absolute Gasteiger partial charge is 0.232 e. The van der Waals surface area contributed by atoms with Crippen molar-refractivity contribution in [2.45, 2.75) is 19.9 Å². The minimum absolute atomic E-state index is 0.153. The van der Waals surface area contributed by atoms with Gasteiger partial charge in [-0.3, -0.25) is 14.5 Å². The Kier molecular flexibility index (Phi) is 3.52. The van der Waals surface area contributed by atoms with Crippen LogP contribution in [0.15, 0.2) is 18.2 Å². The summed E-state index contributed by atoms with van der Waals surface area (Å²) in [7, 11) is 1.52. The van der Waals surface area contributed by atoms with Crippen LogP contribution in [-0.4, -0.2) is 23.8 Å². The molecule has 0 saturated carbocycles. The van der Waals surface area contributed by atoms with E-state index in [1.165, 1.54) is 12.0 Å². The van der Waals surface area contributed by atoms with Crippen LogP contribution in [0.1, 0.15) is 24.5 Å². The van der Waals surface area contributed by atoms with E-state index in [0.29, 0.717) is 16.9 Å². The van der Waals surface area contributed by atoms with Crippen LogP contribution in [0, 0.1) is 17.2 Å². The molecule has 0 N–H and O–H groups in total. The quantitative estimate of drug-likeness (QED) is 0.769. The zero-order valence-electron chi connectivity index (χ0n) is 10.8. The van der Waals surface area contributed by atoms with Crippen LogP contribution in [-0.2, 0) is 16.1 Å². The molecule has 1 fully saturated rings. The molecule has 0 bridgehead atoms. The van der Waals surface area contributed by atoms with E-state index in [4.69, 9.17) is 10.00 Å². The van der Waals surface area contributed by atoms with Gasteiger partial charge in [0.05, 0.1) is 25.3 Å². The maximum atomic E-state index is 11.9.